The monoisotopic (exact) mass is 309 g/mol. The molecule has 0 aliphatic rings. The van der Waals surface area contributed by atoms with E-state index in [-0.39, 0.29) is 5.02 Å². The van der Waals surface area contributed by atoms with Gasteiger partial charge in [0.15, 0.2) is 0 Å². The number of hydrogen-bond donors (Lipinski definition) is 1. The maximum absolute atomic E-state index is 13.1. The van der Waals surface area contributed by atoms with Crippen molar-refractivity contribution in [3.05, 3.63) is 58.9 Å². The molecule has 1 N–H and O–H groups in total. The minimum atomic E-state index is -0.417. The van der Waals surface area contributed by atoms with Gasteiger partial charge in [-0.2, -0.15) is 0 Å². The second-order valence-corrected chi connectivity index (χ2v) is 4.87. The highest BCUT2D eigenvalue weighted by molar-refractivity contribution is 6.31. The standard InChI is InChI=1S/C16H17ClFNO2/c1-20-8-9-21-14-5-2-12(3-6-14)11-19-13-4-7-16(18)15(17)10-13/h2-7,10,19H,8-9,11H2,1H3. The normalized spacial score (nSPS) is 10.4. The predicted octanol–water partition coefficient (Wildman–Crippen LogP) is 4.12. The Bertz CT molecular complexity index is 575. The van der Waals surface area contributed by atoms with Crippen LogP contribution in [0.5, 0.6) is 5.75 Å². The van der Waals surface area contributed by atoms with Crippen LogP contribution < -0.4 is 10.1 Å². The lowest BCUT2D eigenvalue weighted by Crippen LogP contribution is -2.04. The zero-order chi connectivity index (χ0) is 15.1. The molecule has 2 rings (SSSR count). The Morgan fingerprint density at radius 1 is 1.10 bits per heavy atom. The third kappa shape index (κ3) is 4.92. The fourth-order valence-electron chi connectivity index (χ4n) is 1.76. The molecule has 0 spiro atoms. The van der Waals surface area contributed by atoms with Crippen LogP contribution in [0.15, 0.2) is 42.5 Å². The van der Waals surface area contributed by atoms with Crippen LogP contribution >= 0.6 is 11.6 Å². The summed E-state index contributed by atoms with van der Waals surface area (Å²) >= 11 is 5.74. The van der Waals surface area contributed by atoms with Crippen molar-refractivity contribution in [1.82, 2.24) is 0 Å². The first kappa shape index (κ1) is 15.6. The van der Waals surface area contributed by atoms with Crippen molar-refractivity contribution in [3.63, 3.8) is 0 Å². The van der Waals surface area contributed by atoms with Crippen molar-refractivity contribution in [2.24, 2.45) is 0 Å². The Morgan fingerprint density at radius 2 is 1.86 bits per heavy atom. The number of nitrogens with one attached hydrogen (secondary N) is 1. The van der Waals surface area contributed by atoms with Gasteiger partial charge in [0.05, 0.1) is 11.6 Å². The molecule has 0 unspecified atom stereocenters. The Labute approximate surface area is 128 Å². The Balaban J connectivity index is 1.86. The molecule has 5 heteroatoms. The fraction of sp³-hybridized carbons (Fsp3) is 0.250. The highest BCUT2D eigenvalue weighted by Gasteiger charge is 2.01. The van der Waals surface area contributed by atoms with Gasteiger partial charge in [0.25, 0.3) is 0 Å². The fourth-order valence-corrected chi connectivity index (χ4v) is 1.94. The number of benzene rings is 2. The number of halogens is 2. The van der Waals surface area contributed by atoms with Gasteiger partial charge in [0.2, 0.25) is 0 Å². The molecule has 0 aromatic heterocycles. The molecular weight excluding hydrogens is 293 g/mol. The highest BCUT2D eigenvalue weighted by atomic mass is 35.5. The van der Waals surface area contributed by atoms with Crippen molar-refractivity contribution in [1.29, 1.82) is 0 Å². The number of ether oxygens (including phenoxy) is 2. The maximum Gasteiger partial charge on any atom is 0.141 e. The molecular formula is C16H17ClFNO2. The van der Waals surface area contributed by atoms with E-state index in [0.717, 1.165) is 17.0 Å². The first-order valence-electron chi connectivity index (χ1n) is 6.58. The van der Waals surface area contributed by atoms with E-state index < -0.39 is 5.82 Å². The molecule has 0 saturated heterocycles. The second-order valence-electron chi connectivity index (χ2n) is 4.47. The summed E-state index contributed by atoms with van der Waals surface area (Å²) in [5.41, 5.74) is 1.87. The van der Waals surface area contributed by atoms with E-state index in [2.05, 4.69) is 5.32 Å². The molecule has 0 radical (unpaired) electrons. The average Bonchev–Trinajstić information content (AvgIpc) is 2.50. The van der Waals surface area contributed by atoms with E-state index in [1.807, 2.05) is 24.3 Å². The molecule has 21 heavy (non-hydrogen) atoms. The Kier molecular flexibility index (Phi) is 5.84. The third-order valence-electron chi connectivity index (χ3n) is 2.90. The smallest absolute Gasteiger partial charge is 0.141 e. The van der Waals surface area contributed by atoms with Crippen molar-refractivity contribution in [2.45, 2.75) is 6.54 Å². The lowest BCUT2D eigenvalue weighted by molar-refractivity contribution is 0.146. The van der Waals surface area contributed by atoms with Gasteiger partial charge in [-0.1, -0.05) is 23.7 Å². The minimum absolute atomic E-state index is 0.113. The van der Waals surface area contributed by atoms with Crippen LogP contribution in [-0.2, 0) is 11.3 Å². The molecule has 3 nitrogen and oxygen atoms in total. The number of methoxy groups -OCH3 is 1. The summed E-state index contributed by atoms with van der Waals surface area (Å²) < 4.78 is 23.5. The van der Waals surface area contributed by atoms with Gasteiger partial charge in [0.1, 0.15) is 18.2 Å². The average molecular weight is 310 g/mol. The van der Waals surface area contributed by atoms with Crippen LogP contribution in [0.3, 0.4) is 0 Å². The predicted molar refractivity (Wildman–Crippen MR) is 82.5 cm³/mol. The molecule has 0 fully saturated rings. The van der Waals surface area contributed by atoms with Gasteiger partial charge in [-0.05, 0) is 35.9 Å². The van der Waals surface area contributed by atoms with Crippen LogP contribution in [0.1, 0.15) is 5.56 Å². The van der Waals surface area contributed by atoms with Crippen molar-refractivity contribution in [2.75, 3.05) is 25.6 Å². The van der Waals surface area contributed by atoms with E-state index in [0.29, 0.717) is 19.8 Å². The topological polar surface area (TPSA) is 30.5 Å². The number of anilines is 1. The third-order valence-corrected chi connectivity index (χ3v) is 3.19. The molecule has 0 saturated carbocycles. The van der Waals surface area contributed by atoms with E-state index in [1.165, 1.54) is 6.07 Å². The van der Waals surface area contributed by atoms with Crippen LogP contribution in [0.2, 0.25) is 5.02 Å². The first-order valence-corrected chi connectivity index (χ1v) is 6.96. The van der Waals surface area contributed by atoms with Gasteiger partial charge < -0.3 is 14.8 Å². The van der Waals surface area contributed by atoms with E-state index in [9.17, 15) is 4.39 Å². The van der Waals surface area contributed by atoms with Crippen molar-refractivity contribution in [3.8, 4) is 5.75 Å². The van der Waals surface area contributed by atoms with Crippen LogP contribution in [0, 0.1) is 5.82 Å². The summed E-state index contributed by atoms with van der Waals surface area (Å²) in [7, 11) is 1.64. The summed E-state index contributed by atoms with van der Waals surface area (Å²) in [5, 5.41) is 3.30. The van der Waals surface area contributed by atoms with Crippen molar-refractivity contribution >= 4 is 17.3 Å². The zero-order valence-corrected chi connectivity index (χ0v) is 12.5. The van der Waals surface area contributed by atoms with E-state index >= 15 is 0 Å². The van der Waals surface area contributed by atoms with E-state index in [4.69, 9.17) is 21.1 Å². The van der Waals surface area contributed by atoms with E-state index in [1.54, 1.807) is 19.2 Å². The lowest BCUT2D eigenvalue weighted by Gasteiger charge is -2.09. The summed E-state index contributed by atoms with van der Waals surface area (Å²) in [6, 6.07) is 12.3. The number of rotatable bonds is 7. The molecule has 112 valence electrons. The van der Waals surface area contributed by atoms with Crippen LogP contribution in [0.4, 0.5) is 10.1 Å². The Morgan fingerprint density at radius 3 is 2.52 bits per heavy atom. The van der Waals surface area contributed by atoms with Gasteiger partial charge in [-0.25, -0.2) is 4.39 Å². The highest BCUT2D eigenvalue weighted by Crippen LogP contribution is 2.20. The molecule has 0 aliphatic heterocycles. The lowest BCUT2D eigenvalue weighted by atomic mass is 10.2. The largest absolute Gasteiger partial charge is 0.491 e. The summed E-state index contributed by atoms with van der Waals surface area (Å²) in [5.74, 6) is 0.389. The molecule has 0 amide bonds. The van der Waals surface area contributed by atoms with Gasteiger partial charge in [-0.3, -0.25) is 0 Å². The minimum Gasteiger partial charge on any atom is -0.491 e. The Hall–Kier alpha value is -1.78. The van der Waals surface area contributed by atoms with Crippen LogP contribution in [-0.4, -0.2) is 20.3 Å². The molecule has 0 bridgehead atoms. The van der Waals surface area contributed by atoms with Gasteiger partial charge in [0, 0.05) is 19.3 Å². The molecule has 2 aromatic rings. The quantitative estimate of drug-likeness (QED) is 0.781. The first-order chi connectivity index (χ1) is 10.2. The summed E-state index contributed by atoms with van der Waals surface area (Å²) in [4.78, 5) is 0. The van der Waals surface area contributed by atoms with Crippen LogP contribution in [0.25, 0.3) is 0 Å². The van der Waals surface area contributed by atoms with Gasteiger partial charge >= 0.3 is 0 Å². The van der Waals surface area contributed by atoms with Gasteiger partial charge in [-0.15, -0.1) is 0 Å². The number of hydrogen-bond acceptors (Lipinski definition) is 3. The zero-order valence-electron chi connectivity index (χ0n) is 11.7. The molecule has 0 heterocycles. The summed E-state index contributed by atoms with van der Waals surface area (Å²) in [6.45, 7) is 1.72. The maximum atomic E-state index is 13.1. The molecule has 0 aliphatic carbocycles. The molecule has 2 aromatic carbocycles. The molecule has 0 atom stereocenters. The second kappa shape index (κ2) is 7.86. The van der Waals surface area contributed by atoms with Crippen molar-refractivity contribution < 1.29 is 13.9 Å². The SMILES string of the molecule is COCCOc1ccc(CNc2ccc(F)c(Cl)c2)cc1. The summed E-state index contributed by atoms with van der Waals surface area (Å²) in [6.07, 6.45) is 0.